The molecule has 1 aromatic rings. The normalized spacial score (nSPS) is 11.8. The van der Waals surface area contributed by atoms with Gasteiger partial charge in [-0.25, -0.2) is 4.79 Å². The van der Waals surface area contributed by atoms with Crippen molar-refractivity contribution in [1.29, 1.82) is 5.26 Å². The van der Waals surface area contributed by atoms with Gasteiger partial charge in [0, 0.05) is 10.3 Å². The first-order valence-electron chi connectivity index (χ1n) is 3.51. The fraction of sp³-hybridized carbons (Fsp3) is 0.250. The van der Waals surface area contributed by atoms with E-state index < -0.39 is 12.0 Å². The molecule has 68 valence electrons. The number of ether oxygens (including phenoxy) is 1. The molecular formula is C8H8N2O2S. The number of carbonyl (C=O) groups excluding carboxylic acids is 1. The van der Waals surface area contributed by atoms with Crippen LogP contribution in [0.2, 0.25) is 0 Å². The number of rotatable bonds is 2. The molecule has 2 N–H and O–H groups in total. The second-order valence-electron chi connectivity index (χ2n) is 2.35. The van der Waals surface area contributed by atoms with Gasteiger partial charge in [0.25, 0.3) is 0 Å². The van der Waals surface area contributed by atoms with E-state index in [0.29, 0.717) is 10.4 Å². The van der Waals surface area contributed by atoms with E-state index >= 15 is 0 Å². The molecule has 13 heavy (non-hydrogen) atoms. The number of nitriles is 1. The third kappa shape index (κ3) is 2.05. The fourth-order valence-corrected chi connectivity index (χ4v) is 1.64. The Kier molecular flexibility index (Phi) is 3.01. The highest BCUT2D eigenvalue weighted by Gasteiger charge is 2.17. The first-order chi connectivity index (χ1) is 6.19. The zero-order chi connectivity index (χ0) is 9.84. The molecule has 0 bridgehead atoms. The summed E-state index contributed by atoms with van der Waals surface area (Å²) in [6, 6.07) is 2.77. The minimum atomic E-state index is -0.780. The van der Waals surface area contributed by atoms with Crippen molar-refractivity contribution in [3.05, 3.63) is 21.9 Å². The molecule has 0 aliphatic rings. The maximum absolute atomic E-state index is 11.0. The Morgan fingerprint density at radius 1 is 1.85 bits per heavy atom. The molecule has 0 aliphatic carbocycles. The number of thiophene rings is 1. The van der Waals surface area contributed by atoms with Crippen LogP contribution in [0.3, 0.4) is 0 Å². The van der Waals surface area contributed by atoms with E-state index in [9.17, 15) is 4.79 Å². The van der Waals surface area contributed by atoms with Gasteiger partial charge in [0.2, 0.25) is 0 Å². The van der Waals surface area contributed by atoms with Gasteiger partial charge in [0.05, 0.1) is 12.7 Å². The van der Waals surface area contributed by atoms with Crippen molar-refractivity contribution in [3.63, 3.8) is 0 Å². The summed E-state index contributed by atoms with van der Waals surface area (Å²) in [5.41, 5.74) is 6.06. The summed E-state index contributed by atoms with van der Waals surface area (Å²) < 4.78 is 4.47. The largest absolute Gasteiger partial charge is 0.468 e. The zero-order valence-corrected chi connectivity index (χ0v) is 7.80. The maximum atomic E-state index is 11.0. The van der Waals surface area contributed by atoms with Crippen molar-refractivity contribution in [1.82, 2.24) is 0 Å². The van der Waals surface area contributed by atoms with Crippen molar-refractivity contribution in [3.8, 4) is 6.07 Å². The first kappa shape index (κ1) is 9.71. The van der Waals surface area contributed by atoms with Crippen molar-refractivity contribution in [2.45, 2.75) is 6.04 Å². The van der Waals surface area contributed by atoms with Crippen LogP contribution in [0, 0.1) is 11.3 Å². The standard InChI is InChI=1S/C8H8N2O2S/c1-12-8(11)7(10)6-2-5(3-9)4-13-6/h2,4,7H,10H2,1H3. The highest BCUT2D eigenvalue weighted by Crippen LogP contribution is 2.20. The average Bonchev–Trinajstić information content (AvgIpc) is 2.63. The van der Waals surface area contributed by atoms with Crippen molar-refractivity contribution < 1.29 is 9.53 Å². The average molecular weight is 196 g/mol. The van der Waals surface area contributed by atoms with E-state index in [1.165, 1.54) is 18.4 Å². The summed E-state index contributed by atoms with van der Waals surface area (Å²) in [7, 11) is 1.28. The predicted molar refractivity (Wildman–Crippen MR) is 48.0 cm³/mol. The molecule has 5 heteroatoms. The summed E-state index contributed by atoms with van der Waals surface area (Å²) in [6.45, 7) is 0. The molecular weight excluding hydrogens is 188 g/mol. The summed E-state index contributed by atoms with van der Waals surface area (Å²) in [6.07, 6.45) is 0. The number of carbonyl (C=O) groups is 1. The summed E-state index contributed by atoms with van der Waals surface area (Å²) in [5, 5.41) is 10.2. The summed E-state index contributed by atoms with van der Waals surface area (Å²) >= 11 is 1.28. The Morgan fingerprint density at radius 3 is 3.00 bits per heavy atom. The lowest BCUT2D eigenvalue weighted by molar-refractivity contribution is -0.142. The molecule has 0 saturated carbocycles. The van der Waals surface area contributed by atoms with Crippen LogP contribution in [0.5, 0.6) is 0 Å². The third-order valence-electron chi connectivity index (χ3n) is 1.51. The Balaban J connectivity index is 2.84. The van der Waals surface area contributed by atoms with Crippen LogP contribution >= 0.6 is 11.3 Å². The minimum Gasteiger partial charge on any atom is -0.468 e. The van der Waals surface area contributed by atoms with Gasteiger partial charge in [0.1, 0.15) is 12.1 Å². The summed E-state index contributed by atoms with van der Waals surface area (Å²) in [5.74, 6) is -0.494. The van der Waals surface area contributed by atoms with E-state index in [2.05, 4.69) is 4.74 Å². The molecule has 0 amide bonds. The van der Waals surface area contributed by atoms with Crippen LogP contribution in [0.4, 0.5) is 0 Å². The van der Waals surface area contributed by atoms with Gasteiger partial charge < -0.3 is 10.5 Å². The van der Waals surface area contributed by atoms with Crippen LogP contribution in [-0.2, 0) is 9.53 Å². The highest BCUT2D eigenvalue weighted by molar-refractivity contribution is 7.10. The van der Waals surface area contributed by atoms with Gasteiger partial charge >= 0.3 is 5.97 Å². The van der Waals surface area contributed by atoms with Crippen molar-refractivity contribution in [2.75, 3.05) is 7.11 Å². The van der Waals surface area contributed by atoms with E-state index in [0.717, 1.165) is 0 Å². The molecule has 1 atom stereocenters. The third-order valence-corrected chi connectivity index (χ3v) is 2.53. The topological polar surface area (TPSA) is 76.1 Å². The molecule has 4 nitrogen and oxygen atoms in total. The molecule has 0 spiro atoms. The smallest absolute Gasteiger partial charge is 0.328 e. The first-order valence-corrected chi connectivity index (χ1v) is 4.39. The van der Waals surface area contributed by atoms with Gasteiger partial charge in [-0.05, 0) is 6.07 Å². The number of methoxy groups -OCH3 is 1. The number of hydrogen-bond donors (Lipinski definition) is 1. The van der Waals surface area contributed by atoms with Crippen LogP contribution in [0.1, 0.15) is 16.5 Å². The molecule has 1 rings (SSSR count). The zero-order valence-electron chi connectivity index (χ0n) is 6.98. The quantitative estimate of drug-likeness (QED) is 0.709. The number of esters is 1. The molecule has 0 saturated heterocycles. The Hall–Kier alpha value is -1.38. The molecule has 1 unspecified atom stereocenters. The molecule has 0 radical (unpaired) electrons. The SMILES string of the molecule is COC(=O)C(N)c1cc(C#N)cs1. The predicted octanol–water partition coefficient (Wildman–Crippen LogP) is 0.793. The minimum absolute atomic E-state index is 0.494. The summed E-state index contributed by atoms with van der Waals surface area (Å²) in [4.78, 5) is 11.6. The van der Waals surface area contributed by atoms with Crippen LogP contribution < -0.4 is 5.73 Å². The monoisotopic (exact) mass is 196 g/mol. The van der Waals surface area contributed by atoms with Crippen molar-refractivity contribution >= 4 is 17.3 Å². The van der Waals surface area contributed by atoms with Gasteiger partial charge in [-0.3, -0.25) is 0 Å². The van der Waals surface area contributed by atoms with Crippen LogP contribution in [-0.4, -0.2) is 13.1 Å². The van der Waals surface area contributed by atoms with E-state index in [-0.39, 0.29) is 0 Å². The number of nitrogens with zero attached hydrogens (tertiary/aromatic N) is 1. The van der Waals surface area contributed by atoms with E-state index in [1.807, 2.05) is 6.07 Å². The second kappa shape index (κ2) is 4.03. The van der Waals surface area contributed by atoms with E-state index in [4.69, 9.17) is 11.0 Å². The Labute approximate surface area is 79.5 Å². The van der Waals surface area contributed by atoms with Crippen LogP contribution in [0.15, 0.2) is 11.4 Å². The molecule has 1 heterocycles. The molecule has 0 aliphatic heterocycles. The molecule has 1 aromatic heterocycles. The fourth-order valence-electron chi connectivity index (χ4n) is 0.818. The van der Waals surface area contributed by atoms with Gasteiger partial charge in [-0.15, -0.1) is 11.3 Å². The highest BCUT2D eigenvalue weighted by atomic mass is 32.1. The van der Waals surface area contributed by atoms with Crippen LogP contribution in [0.25, 0.3) is 0 Å². The van der Waals surface area contributed by atoms with Gasteiger partial charge in [0.15, 0.2) is 0 Å². The molecule has 0 fully saturated rings. The number of nitrogens with two attached hydrogens (primary N) is 1. The lowest BCUT2D eigenvalue weighted by Gasteiger charge is -2.05. The maximum Gasteiger partial charge on any atom is 0.328 e. The van der Waals surface area contributed by atoms with Gasteiger partial charge in [-0.1, -0.05) is 0 Å². The number of hydrogen-bond acceptors (Lipinski definition) is 5. The lowest BCUT2D eigenvalue weighted by atomic mass is 10.2. The second-order valence-corrected chi connectivity index (χ2v) is 3.29. The van der Waals surface area contributed by atoms with Crippen molar-refractivity contribution in [2.24, 2.45) is 5.73 Å². The molecule has 0 aromatic carbocycles. The van der Waals surface area contributed by atoms with E-state index in [1.54, 1.807) is 11.4 Å². The lowest BCUT2D eigenvalue weighted by Crippen LogP contribution is -2.21. The Bertz CT molecular complexity index is 353. The van der Waals surface area contributed by atoms with Gasteiger partial charge in [-0.2, -0.15) is 5.26 Å². The Morgan fingerprint density at radius 2 is 2.54 bits per heavy atom.